The van der Waals surface area contributed by atoms with Crippen molar-refractivity contribution in [1.82, 2.24) is 20.6 Å². The van der Waals surface area contributed by atoms with Crippen molar-refractivity contribution in [3.63, 3.8) is 0 Å². The summed E-state index contributed by atoms with van der Waals surface area (Å²) in [5, 5.41) is 8.10. The van der Waals surface area contributed by atoms with Crippen LogP contribution >= 0.6 is 11.3 Å². The molecule has 30 heavy (non-hydrogen) atoms. The number of hydrogen-bond acceptors (Lipinski definition) is 5. The average Bonchev–Trinajstić information content (AvgIpc) is 3.38. The van der Waals surface area contributed by atoms with Crippen molar-refractivity contribution in [3.8, 4) is 0 Å². The highest BCUT2D eigenvalue weighted by Crippen LogP contribution is 2.27. The summed E-state index contributed by atoms with van der Waals surface area (Å²) in [5.74, 6) is 1.02. The van der Waals surface area contributed by atoms with Crippen LogP contribution in [0, 0.1) is 5.82 Å². The van der Waals surface area contributed by atoms with E-state index < -0.39 is 0 Å². The van der Waals surface area contributed by atoms with Gasteiger partial charge in [0.05, 0.1) is 10.7 Å². The predicted molar refractivity (Wildman–Crippen MR) is 121 cm³/mol. The fourth-order valence-electron chi connectivity index (χ4n) is 4.13. The lowest BCUT2D eigenvalue weighted by atomic mass is 10.0. The SMILES string of the molecule is CCNC(=NCCCc1nc2c(s1)CCCC2)NC1CCN(c2ncccc2F)C1. The zero-order valence-electron chi connectivity index (χ0n) is 17.7. The van der Waals surface area contributed by atoms with Crippen molar-refractivity contribution in [3.05, 3.63) is 39.7 Å². The number of nitrogens with zero attached hydrogens (tertiary/aromatic N) is 4. The molecule has 6 nitrogen and oxygen atoms in total. The number of thiazole rings is 1. The molecule has 0 radical (unpaired) electrons. The van der Waals surface area contributed by atoms with Gasteiger partial charge in [-0.25, -0.2) is 14.4 Å². The number of aryl methyl sites for hydroxylation is 3. The highest BCUT2D eigenvalue weighted by Gasteiger charge is 2.26. The molecule has 2 aliphatic rings. The van der Waals surface area contributed by atoms with Crippen LogP contribution in [0.15, 0.2) is 23.3 Å². The van der Waals surface area contributed by atoms with Gasteiger partial charge in [0.25, 0.3) is 0 Å². The maximum absolute atomic E-state index is 14.0. The Morgan fingerprint density at radius 2 is 2.27 bits per heavy atom. The van der Waals surface area contributed by atoms with Gasteiger partial charge in [0.15, 0.2) is 17.6 Å². The summed E-state index contributed by atoms with van der Waals surface area (Å²) >= 11 is 1.90. The number of pyridine rings is 1. The zero-order chi connectivity index (χ0) is 20.8. The Bertz CT molecular complexity index is 844. The van der Waals surface area contributed by atoms with Crippen molar-refractivity contribution in [2.24, 2.45) is 4.99 Å². The van der Waals surface area contributed by atoms with Gasteiger partial charge in [-0.1, -0.05) is 0 Å². The van der Waals surface area contributed by atoms with E-state index in [-0.39, 0.29) is 11.9 Å². The minimum atomic E-state index is -0.261. The van der Waals surface area contributed by atoms with Gasteiger partial charge in [0, 0.05) is 49.7 Å². The summed E-state index contributed by atoms with van der Waals surface area (Å²) in [6.07, 6.45) is 9.52. The van der Waals surface area contributed by atoms with Gasteiger partial charge >= 0.3 is 0 Å². The molecular formula is C22H31FN6S. The number of anilines is 1. The number of fused-ring (bicyclic) bond motifs is 1. The predicted octanol–water partition coefficient (Wildman–Crippen LogP) is 3.32. The molecule has 2 aromatic rings. The molecule has 1 aliphatic heterocycles. The first-order valence-electron chi connectivity index (χ1n) is 11.1. The van der Waals surface area contributed by atoms with Crippen LogP contribution in [0.2, 0.25) is 0 Å². The Morgan fingerprint density at radius 3 is 3.10 bits per heavy atom. The van der Waals surface area contributed by atoms with E-state index >= 15 is 0 Å². The number of guanidine groups is 1. The minimum Gasteiger partial charge on any atom is -0.357 e. The van der Waals surface area contributed by atoms with Crippen molar-refractivity contribution >= 4 is 23.1 Å². The quantitative estimate of drug-likeness (QED) is 0.401. The Morgan fingerprint density at radius 1 is 1.37 bits per heavy atom. The molecule has 0 bridgehead atoms. The molecule has 1 aliphatic carbocycles. The summed E-state index contributed by atoms with van der Waals surface area (Å²) in [6.45, 7) is 5.17. The normalized spacial score (nSPS) is 19.1. The smallest absolute Gasteiger partial charge is 0.191 e. The topological polar surface area (TPSA) is 65.4 Å². The molecule has 2 aromatic heterocycles. The fraction of sp³-hybridized carbons (Fsp3) is 0.591. The second kappa shape index (κ2) is 10.2. The summed E-state index contributed by atoms with van der Waals surface area (Å²) < 4.78 is 14.0. The number of aliphatic imine (C=N–C) groups is 1. The van der Waals surface area contributed by atoms with Gasteiger partial charge in [-0.3, -0.25) is 4.99 Å². The first-order chi connectivity index (χ1) is 14.7. The molecule has 3 heterocycles. The van der Waals surface area contributed by atoms with Gasteiger partial charge < -0.3 is 15.5 Å². The summed E-state index contributed by atoms with van der Waals surface area (Å²) in [4.78, 5) is 17.3. The first-order valence-corrected chi connectivity index (χ1v) is 11.9. The molecule has 0 aromatic carbocycles. The van der Waals surface area contributed by atoms with Crippen LogP contribution in [0.25, 0.3) is 0 Å². The highest BCUT2D eigenvalue weighted by atomic mass is 32.1. The minimum absolute atomic E-state index is 0.231. The van der Waals surface area contributed by atoms with Crippen molar-refractivity contribution in [2.75, 3.05) is 31.1 Å². The van der Waals surface area contributed by atoms with Crippen LogP contribution in [0.3, 0.4) is 0 Å². The molecule has 1 unspecified atom stereocenters. The van der Waals surface area contributed by atoms with Gasteiger partial charge in [0.1, 0.15) is 0 Å². The molecule has 0 spiro atoms. The van der Waals surface area contributed by atoms with E-state index in [0.717, 1.165) is 57.8 Å². The zero-order valence-corrected chi connectivity index (χ0v) is 18.5. The summed E-state index contributed by atoms with van der Waals surface area (Å²) in [6, 6.07) is 3.32. The maximum atomic E-state index is 14.0. The molecule has 2 N–H and O–H groups in total. The monoisotopic (exact) mass is 430 g/mol. The number of hydrogen-bond donors (Lipinski definition) is 2. The standard InChI is InChI=1S/C22H31FN6S/c1-2-24-22(26-13-6-10-20-28-18-8-3-4-9-19(18)30-20)27-16-11-14-29(15-16)21-17(23)7-5-12-25-21/h5,7,12,16H,2-4,6,8-11,13-15H2,1H3,(H2,24,26,27). The molecular weight excluding hydrogens is 399 g/mol. The molecule has 4 rings (SSSR count). The lowest BCUT2D eigenvalue weighted by Crippen LogP contribution is -2.44. The summed E-state index contributed by atoms with van der Waals surface area (Å²) in [5.41, 5.74) is 1.34. The van der Waals surface area contributed by atoms with Gasteiger partial charge in [-0.2, -0.15) is 0 Å². The van der Waals surface area contributed by atoms with Gasteiger partial charge in [-0.05, 0) is 57.6 Å². The third-order valence-electron chi connectivity index (χ3n) is 5.62. The van der Waals surface area contributed by atoms with Crippen LogP contribution in [-0.4, -0.2) is 48.1 Å². The van der Waals surface area contributed by atoms with Crippen LogP contribution in [-0.2, 0) is 19.3 Å². The van der Waals surface area contributed by atoms with Crippen LogP contribution in [0.5, 0.6) is 0 Å². The largest absolute Gasteiger partial charge is 0.357 e. The number of aromatic nitrogens is 2. The molecule has 8 heteroatoms. The van der Waals surface area contributed by atoms with E-state index in [2.05, 4.69) is 22.5 Å². The van der Waals surface area contributed by atoms with Crippen molar-refractivity contribution in [2.45, 2.75) is 57.9 Å². The Hall–Kier alpha value is -2.22. The first kappa shape index (κ1) is 21.0. The molecule has 0 saturated carbocycles. The lowest BCUT2D eigenvalue weighted by molar-refractivity contribution is 0.612. The van der Waals surface area contributed by atoms with E-state index in [4.69, 9.17) is 9.98 Å². The Balaban J connectivity index is 1.26. The molecule has 0 amide bonds. The van der Waals surface area contributed by atoms with Crippen LogP contribution < -0.4 is 15.5 Å². The van der Waals surface area contributed by atoms with E-state index in [1.807, 2.05) is 16.2 Å². The molecule has 1 saturated heterocycles. The third-order valence-corrected chi connectivity index (χ3v) is 6.84. The second-order valence-electron chi connectivity index (χ2n) is 7.93. The van der Waals surface area contributed by atoms with Gasteiger partial charge in [0.2, 0.25) is 0 Å². The Labute approximate surface area is 182 Å². The highest BCUT2D eigenvalue weighted by molar-refractivity contribution is 7.11. The number of nitrogens with one attached hydrogen (secondary N) is 2. The fourth-order valence-corrected chi connectivity index (χ4v) is 5.33. The van der Waals surface area contributed by atoms with E-state index in [0.29, 0.717) is 5.82 Å². The summed E-state index contributed by atoms with van der Waals surface area (Å²) in [7, 11) is 0. The van der Waals surface area contributed by atoms with Crippen LogP contribution in [0.4, 0.5) is 10.2 Å². The van der Waals surface area contributed by atoms with E-state index in [1.165, 1.54) is 40.9 Å². The Kier molecular flexibility index (Phi) is 7.15. The average molecular weight is 431 g/mol. The van der Waals surface area contributed by atoms with Gasteiger partial charge in [-0.15, -0.1) is 11.3 Å². The third kappa shape index (κ3) is 5.28. The lowest BCUT2D eigenvalue weighted by Gasteiger charge is -2.19. The van der Waals surface area contributed by atoms with E-state index in [1.54, 1.807) is 12.3 Å². The second-order valence-corrected chi connectivity index (χ2v) is 9.10. The van der Waals surface area contributed by atoms with Crippen molar-refractivity contribution < 1.29 is 4.39 Å². The number of rotatable bonds is 7. The number of halogens is 1. The maximum Gasteiger partial charge on any atom is 0.191 e. The molecule has 1 atom stereocenters. The molecule has 162 valence electrons. The molecule has 1 fully saturated rings. The van der Waals surface area contributed by atoms with Crippen LogP contribution in [0.1, 0.15) is 48.2 Å². The van der Waals surface area contributed by atoms with Crippen molar-refractivity contribution in [1.29, 1.82) is 0 Å². The van der Waals surface area contributed by atoms with E-state index in [9.17, 15) is 4.39 Å².